The Kier molecular flexibility index (Phi) is 5.68. The standard InChI is InChI=1S/C25H23ClN4O2S/c1-14(16-7-9-21-17(11-16)8-10-23(31)28-21)27-24(32)22-12-19-15(2)29-30(25(19)33-22)13-18-5-3-4-6-20(18)26/h3-7,9,11-12,14H,8,10,13H2,1-2H3,(H,27,32)(H,28,31). The number of benzene rings is 2. The molecule has 33 heavy (non-hydrogen) atoms. The third kappa shape index (κ3) is 4.26. The molecule has 2 aromatic heterocycles. The number of anilines is 1. The summed E-state index contributed by atoms with van der Waals surface area (Å²) in [5, 5.41) is 12.3. The first-order chi connectivity index (χ1) is 15.9. The van der Waals surface area contributed by atoms with Crippen LogP contribution in [0.15, 0.2) is 48.5 Å². The van der Waals surface area contributed by atoms with E-state index in [9.17, 15) is 9.59 Å². The van der Waals surface area contributed by atoms with E-state index in [-0.39, 0.29) is 17.9 Å². The van der Waals surface area contributed by atoms with Gasteiger partial charge in [-0.25, -0.2) is 0 Å². The summed E-state index contributed by atoms with van der Waals surface area (Å²) in [6, 6.07) is 15.4. The molecule has 1 aliphatic heterocycles. The molecule has 1 aliphatic rings. The Bertz CT molecular complexity index is 1390. The van der Waals surface area contributed by atoms with E-state index >= 15 is 0 Å². The molecule has 168 valence electrons. The highest BCUT2D eigenvalue weighted by atomic mass is 35.5. The fourth-order valence-corrected chi connectivity index (χ4v) is 5.40. The van der Waals surface area contributed by atoms with Crippen LogP contribution in [0.5, 0.6) is 0 Å². The monoisotopic (exact) mass is 478 g/mol. The van der Waals surface area contributed by atoms with Crippen molar-refractivity contribution in [3.63, 3.8) is 0 Å². The molecule has 4 aromatic rings. The number of hydrogen-bond acceptors (Lipinski definition) is 4. The molecule has 0 radical (unpaired) electrons. The lowest BCUT2D eigenvalue weighted by atomic mass is 9.98. The van der Waals surface area contributed by atoms with E-state index in [1.165, 1.54) is 11.3 Å². The van der Waals surface area contributed by atoms with Crippen molar-refractivity contribution in [3.05, 3.63) is 80.8 Å². The number of aryl methyl sites for hydroxylation is 2. The fourth-order valence-electron chi connectivity index (χ4n) is 4.14. The number of aromatic nitrogens is 2. The molecule has 3 heterocycles. The largest absolute Gasteiger partial charge is 0.345 e. The second kappa shape index (κ2) is 8.65. The van der Waals surface area contributed by atoms with Gasteiger partial charge in [0.1, 0.15) is 4.83 Å². The number of amides is 2. The molecule has 0 saturated heterocycles. The molecular weight excluding hydrogens is 456 g/mol. The van der Waals surface area contributed by atoms with Crippen LogP contribution in [-0.2, 0) is 17.8 Å². The number of carbonyl (C=O) groups excluding carboxylic acids is 2. The highest BCUT2D eigenvalue weighted by Gasteiger charge is 2.20. The van der Waals surface area contributed by atoms with Gasteiger partial charge >= 0.3 is 0 Å². The number of rotatable bonds is 5. The van der Waals surface area contributed by atoms with Crippen LogP contribution < -0.4 is 10.6 Å². The van der Waals surface area contributed by atoms with Gasteiger partial charge in [-0.05, 0) is 55.2 Å². The zero-order valence-corrected chi connectivity index (χ0v) is 19.9. The molecule has 1 unspecified atom stereocenters. The zero-order chi connectivity index (χ0) is 23.1. The number of thiophene rings is 1. The topological polar surface area (TPSA) is 76.0 Å². The van der Waals surface area contributed by atoms with E-state index in [1.807, 2.05) is 61.0 Å². The molecule has 1 atom stereocenters. The van der Waals surface area contributed by atoms with Gasteiger partial charge in [-0.15, -0.1) is 11.3 Å². The fraction of sp³-hybridized carbons (Fsp3) is 0.240. The lowest BCUT2D eigenvalue weighted by molar-refractivity contribution is -0.116. The van der Waals surface area contributed by atoms with Crippen molar-refractivity contribution in [2.45, 2.75) is 39.3 Å². The van der Waals surface area contributed by atoms with E-state index in [0.717, 1.165) is 38.3 Å². The Morgan fingerprint density at radius 1 is 1.24 bits per heavy atom. The zero-order valence-electron chi connectivity index (χ0n) is 18.3. The van der Waals surface area contributed by atoms with Gasteiger partial charge in [0, 0.05) is 22.5 Å². The maximum Gasteiger partial charge on any atom is 0.261 e. The number of fused-ring (bicyclic) bond motifs is 2. The van der Waals surface area contributed by atoms with Crippen LogP contribution in [0.25, 0.3) is 10.2 Å². The quantitative estimate of drug-likeness (QED) is 0.398. The molecule has 0 fully saturated rings. The van der Waals surface area contributed by atoms with Crippen LogP contribution in [-0.4, -0.2) is 21.6 Å². The maximum atomic E-state index is 13.1. The summed E-state index contributed by atoms with van der Waals surface area (Å²) in [5.41, 5.74) is 4.85. The summed E-state index contributed by atoms with van der Waals surface area (Å²) in [6.45, 7) is 4.47. The van der Waals surface area contributed by atoms with E-state index in [0.29, 0.717) is 29.3 Å². The Balaban J connectivity index is 1.36. The molecule has 0 saturated carbocycles. The second-order valence-corrected chi connectivity index (χ2v) is 9.76. The van der Waals surface area contributed by atoms with Crippen LogP contribution in [0.4, 0.5) is 5.69 Å². The number of nitrogens with zero attached hydrogens (tertiary/aromatic N) is 2. The van der Waals surface area contributed by atoms with Gasteiger partial charge in [0.2, 0.25) is 5.91 Å². The van der Waals surface area contributed by atoms with Crippen molar-refractivity contribution in [1.82, 2.24) is 15.1 Å². The summed E-state index contributed by atoms with van der Waals surface area (Å²) >= 11 is 7.77. The molecule has 8 heteroatoms. The third-order valence-corrected chi connectivity index (χ3v) is 7.50. The molecule has 0 spiro atoms. The molecule has 6 nitrogen and oxygen atoms in total. The normalized spacial score (nSPS) is 14.1. The predicted molar refractivity (Wildman–Crippen MR) is 132 cm³/mol. The van der Waals surface area contributed by atoms with Gasteiger partial charge in [0.25, 0.3) is 5.91 Å². The van der Waals surface area contributed by atoms with Crippen molar-refractivity contribution in [2.75, 3.05) is 5.32 Å². The smallest absolute Gasteiger partial charge is 0.261 e. The number of carbonyl (C=O) groups is 2. The number of halogens is 1. The van der Waals surface area contributed by atoms with Gasteiger partial charge in [-0.2, -0.15) is 5.10 Å². The molecule has 2 N–H and O–H groups in total. The Hall–Kier alpha value is -3.16. The number of nitrogens with one attached hydrogen (secondary N) is 2. The van der Waals surface area contributed by atoms with E-state index < -0.39 is 0 Å². The predicted octanol–water partition coefficient (Wildman–Crippen LogP) is 5.48. The third-order valence-electron chi connectivity index (χ3n) is 5.98. The van der Waals surface area contributed by atoms with Crippen molar-refractivity contribution >= 4 is 50.7 Å². The minimum Gasteiger partial charge on any atom is -0.345 e. The Morgan fingerprint density at radius 3 is 2.88 bits per heavy atom. The summed E-state index contributed by atoms with van der Waals surface area (Å²) in [7, 11) is 0. The molecule has 0 aliphatic carbocycles. The highest BCUT2D eigenvalue weighted by molar-refractivity contribution is 7.20. The SMILES string of the molecule is Cc1nn(Cc2ccccc2Cl)c2sc(C(=O)NC(C)c3ccc4c(c3)CCC(=O)N4)cc12. The molecule has 5 rings (SSSR count). The molecule has 2 amide bonds. The minimum atomic E-state index is -0.161. The summed E-state index contributed by atoms with van der Waals surface area (Å²) in [6.07, 6.45) is 1.21. The minimum absolute atomic E-state index is 0.0461. The number of hydrogen-bond donors (Lipinski definition) is 2. The summed E-state index contributed by atoms with van der Waals surface area (Å²) in [4.78, 5) is 26.2. The molecule has 2 aromatic carbocycles. The first-order valence-electron chi connectivity index (χ1n) is 10.8. The van der Waals surface area contributed by atoms with Crippen molar-refractivity contribution in [3.8, 4) is 0 Å². The first-order valence-corrected chi connectivity index (χ1v) is 12.0. The molecule has 0 bridgehead atoms. The van der Waals surface area contributed by atoms with Crippen molar-refractivity contribution < 1.29 is 9.59 Å². The van der Waals surface area contributed by atoms with Crippen LogP contribution in [0.3, 0.4) is 0 Å². The lowest BCUT2D eigenvalue weighted by Crippen LogP contribution is -2.26. The Labute approximate surface area is 200 Å². The lowest BCUT2D eigenvalue weighted by Gasteiger charge is -2.20. The summed E-state index contributed by atoms with van der Waals surface area (Å²) < 4.78 is 1.91. The van der Waals surface area contributed by atoms with E-state index in [1.54, 1.807) is 0 Å². The highest BCUT2D eigenvalue weighted by Crippen LogP contribution is 2.31. The van der Waals surface area contributed by atoms with Gasteiger partial charge in [0.15, 0.2) is 0 Å². The van der Waals surface area contributed by atoms with E-state index in [4.69, 9.17) is 11.6 Å². The second-order valence-electron chi connectivity index (χ2n) is 8.32. The van der Waals surface area contributed by atoms with Crippen LogP contribution in [0.1, 0.15) is 51.4 Å². The van der Waals surface area contributed by atoms with Gasteiger partial charge in [0.05, 0.1) is 23.2 Å². The van der Waals surface area contributed by atoms with Gasteiger partial charge < -0.3 is 10.6 Å². The van der Waals surface area contributed by atoms with Crippen LogP contribution >= 0.6 is 22.9 Å². The Morgan fingerprint density at radius 2 is 2.06 bits per heavy atom. The van der Waals surface area contributed by atoms with Crippen molar-refractivity contribution in [2.24, 2.45) is 0 Å². The maximum absolute atomic E-state index is 13.1. The average Bonchev–Trinajstić information content (AvgIpc) is 3.36. The molecular formula is C25H23ClN4O2S. The van der Waals surface area contributed by atoms with Gasteiger partial charge in [-0.3, -0.25) is 14.3 Å². The van der Waals surface area contributed by atoms with Crippen LogP contribution in [0, 0.1) is 6.92 Å². The van der Waals surface area contributed by atoms with Crippen molar-refractivity contribution in [1.29, 1.82) is 0 Å². The van der Waals surface area contributed by atoms with Gasteiger partial charge in [-0.1, -0.05) is 41.9 Å². The first kappa shape index (κ1) is 21.7. The average molecular weight is 479 g/mol. The summed E-state index contributed by atoms with van der Waals surface area (Å²) in [5.74, 6) is -0.0665. The van der Waals surface area contributed by atoms with E-state index in [2.05, 4.69) is 21.8 Å². The van der Waals surface area contributed by atoms with Crippen LogP contribution in [0.2, 0.25) is 5.02 Å².